The Balaban J connectivity index is 1.65. The molecule has 0 aliphatic rings. The number of hydrogen-bond donors (Lipinski definition) is 0. The SMILES string of the molecule is O=c1c2c(ncn1-c1ccc(-c3ccccc3)c(F)c1)ncn2-c1ccccc1. The van der Waals surface area contributed by atoms with Gasteiger partial charge in [0, 0.05) is 11.3 Å². The van der Waals surface area contributed by atoms with Crippen molar-refractivity contribution in [2.45, 2.75) is 0 Å². The summed E-state index contributed by atoms with van der Waals surface area (Å²) in [6, 6.07) is 23.4. The van der Waals surface area contributed by atoms with Crippen LogP contribution < -0.4 is 5.56 Å². The summed E-state index contributed by atoms with van der Waals surface area (Å²) in [6.07, 6.45) is 2.95. The summed E-state index contributed by atoms with van der Waals surface area (Å²) >= 11 is 0. The minimum Gasteiger partial charge on any atom is -0.293 e. The summed E-state index contributed by atoms with van der Waals surface area (Å²) < 4.78 is 17.8. The predicted octanol–water partition coefficient (Wildman–Crippen LogP) is 4.38. The van der Waals surface area contributed by atoms with Gasteiger partial charge in [-0.25, -0.2) is 14.4 Å². The maximum atomic E-state index is 14.8. The molecule has 2 aromatic heterocycles. The summed E-state index contributed by atoms with van der Waals surface area (Å²) in [4.78, 5) is 21.7. The molecule has 0 aliphatic heterocycles. The summed E-state index contributed by atoms with van der Waals surface area (Å²) in [5, 5.41) is 0. The highest BCUT2D eigenvalue weighted by Gasteiger charge is 2.14. The van der Waals surface area contributed by atoms with E-state index in [0.29, 0.717) is 22.4 Å². The zero-order valence-electron chi connectivity index (χ0n) is 15.2. The Kier molecular flexibility index (Phi) is 4.02. The van der Waals surface area contributed by atoms with Crippen LogP contribution in [0.25, 0.3) is 33.7 Å². The first-order valence-corrected chi connectivity index (χ1v) is 9.08. The van der Waals surface area contributed by atoms with Crippen LogP contribution in [0.2, 0.25) is 0 Å². The van der Waals surface area contributed by atoms with Crippen LogP contribution in [0.5, 0.6) is 0 Å². The highest BCUT2D eigenvalue weighted by Crippen LogP contribution is 2.24. The topological polar surface area (TPSA) is 52.7 Å². The Bertz CT molecular complexity index is 1370. The van der Waals surface area contributed by atoms with Crippen LogP contribution in [0.3, 0.4) is 0 Å². The molecule has 5 rings (SSSR count). The maximum absolute atomic E-state index is 14.8. The minimum absolute atomic E-state index is 0.316. The fourth-order valence-electron chi connectivity index (χ4n) is 3.39. The number of para-hydroxylation sites is 1. The van der Waals surface area contributed by atoms with Gasteiger partial charge in [-0.1, -0.05) is 48.5 Å². The second-order valence-corrected chi connectivity index (χ2v) is 6.57. The van der Waals surface area contributed by atoms with Gasteiger partial charge in [0.25, 0.3) is 5.56 Å². The quantitative estimate of drug-likeness (QED) is 0.465. The standard InChI is InChI=1S/C23H15FN4O/c24-20-13-18(11-12-19(20)16-7-3-1-4-8-16)28-15-26-22-21(23(28)29)27(14-25-22)17-9-5-2-6-10-17/h1-15H. The molecule has 0 spiro atoms. The summed E-state index contributed by atoms with van der Waals surface area (Å²) in [7, 11) is 0. The Morgan fingerprint density at radius 1 is 0.724 bits per heavy atom. The van der Waals surface area contributed by atoms with E-state index in [-0.39, 0.29) is 5.56 Å². The summed E-state index contributed by atoms with van der Waals surface area (Å²) in [6.45, 7) is 0. The molecule has 0 unspecified atom stereocenters. The van der Waals surface area contributed by atoms with E-state index in [2.05, 4.69) is 9.97 Å². The monoisotopic (exact) mass is 382 g/mol. The van der Waals surface area contributed by atoms with Gasteiger partial charge in [-0.05, 0) is 35.9 Å². The molecule has 0 atom stereocenters. The van der Waals surface area contributed by atoms with Crippen molar-refractivity contribution in [3.8, 4) is 22.5 Å². The van der Waals surface area contributed by atoms with E-state index in [1.807, 2.05) is 60.7 Å². The third-order valence-electron chi connectivity index (χ3n) is 4.82. The second-order valence-electron chi connectivity index (χ2n) is 6.57. The second kappa shape index (κ2) is 6.83. The number of halogens is 1. The molecule has 5 aromatic rings. The number of benzene rings is 3. The molecule has 0 bridgehead atoms. The van der Waals surface area contributed by atoms with Crippen LogP contribution in [-0.4, -0.2) is 19.1 Å². The van der Waals surface area contributed by atoms with Gasteiger partial charge in [-0.2, -0.15) is 0 Å². The fourth-order valence-corrected chi connectivity index (χ4v) is 3.39. The van der Waals surface area contributed by atoms with Crippen LogP contribution in [0, 0.1) is 5.82 Å². The van der Waals surface area contributed by atoms with Gasteiger partial charge in [0.15, 0.2) is 11.2 Å². The number of imidazole rings is 1. The first-order valence-electron chi connectivity index (χ1n) is 9.08. The van der Waals surface area contributed by atoms with Crippen molar-refractivity contribution in [3.63, 3.8) is 0 Å². The Labute approximate surface area is 165 Å². The molecule has 2 heterocycles. The minimum atomic E-state index is -0.405. The average Bonchev–Trinajstić information content (AvgIpc) is 3.20. The van der Waals surface area contributed by atoms with Crippen molar-refractivity contribution in [2.75, 3.05) is 0 Å². The van der Waals surface area contributed by atoms with Crippen molar-refractivity contribution in [1.29, 1.82) is 0 Å². The van der Waals surface area contributed by atoms with E-state index in [1.165, 1.54) is 17.0 Å². The molecule has 5 nitrogen and oxygen atoms in total. The lowest BCUT2D eigenvalue weighted by molar-refractivity contribution is 0.629. The average molecular weight is 382 g/mol. The molecule has 0 aliphatic carbocycles. The molecule has 6 heteroatoms. The molecule has 3 aromatic carbocycles. The van der Waals surface area contributed by atoms with Gasteiger partial charge < -0.3 is 0 Å². The van der Waals surface area contributed by atoms with Crippen LogP contribution in [0.1, 0.15) is 0 Å². The molecule has 0 radical (unpaired) electrons. The third kappa shape index (κ3) is 2.91. The fraction of sp³-hybridized carbons (Fsp3) is 0. The lowest BCUT2D eigenvalue weighted by atomic mass is 10.0. The third-order valence-corrected chi connectivity index (χ3v) is 4.82. The van der Waals surface area contributed by atoms with Crippen molar-refractivity contribution >= 4 is 11.2 Å². The highest BCUT2D eigenvalue weighted by atomic mass is 19.1. The van der Waals surface area contributed by atoms with E-state index in [9.17, 15) is 9.18 Å². The predicted molar refractivity (Wildman–Crippen MR) is 110 cm³/mol. The van der Waals surface area contributed by atoms with Gasteiger partial charge in [-0.15, -0.1) is 0 Å². The maximum Gasteiger partial charge on any atom is 0.284 e. The molecule has 29 heavy (non-hydrogen) atoms. The normalized spacial score (nSPS) is 11.1. The van der Waals surface area contributed by atoms with Crippen molar-refractivity contribution in [1.82, 2.24) is 19.1 Å². The van der Waals surface area contributed by atoms with Gasteiger partial charge >= 0.3 is 0 Å². The lowest BCUT2D eigenvalue weighted by Crippen LogP contribution is -2.20. The zero-order valence-corrected chi connectivity index (χ0v) is 15.2. The lowest BCUT2D eigenvalue weighted by Gasteiger charge is -2.09. The largest absolute Gasteiger partial charge is 0.293 e. The van der Waals surface area contributed by atoms with Gasteiger partial charge in [0.05, 0.1) is 5.69 Å². The summed E-state index contributed by atoms with van der Waals surface area (Å²) in [5.74, 6) is -0.405. The smallest absolute Gasteiger partial charge is 0.284 e. The van der Waals surface area contributed by atoms with Gasteiger partial charge in [0.2, 0.25) is 0 Å². The van der Waals surface area contributed by atoms with E-state index >= 15 is 0 Å². The van der Waals surface area contributed by atoms with Gasteiger partial charge in [0.1, 0.15) is 18.5 Å². The molecule has 0 saturated heterocycles. The Morgan fingerprint density at radius 3 is 2.07 bits per heavy atom. The van der Waals surface area contributed by atoms with E-state index in [1.54, 1.807) is 23.0 Å². The van der Waals surface area contributed by atoms with E-state index < -0.39 is 5.82 Å². The van der Waals surface area contributed by atoms with Crippen molar-refractivity contribution in [3.05, 3.63) is 108 Å². The highest BCUT2D eigenvalue weighted by molar-refractivity contribution is 5.72. The molecular formula is C23H15FN4O. The zero-order chi connectivity index (χ0) is 19.8. The Morgan fingerprint density at radius 2 is 1.38 bits per heavy atom. The Hall–Kier alpha value is -4.06. The molecule has 0 fully saturated rings. The number of fused-ring (bicyclic) bond motifs is 1. The number of hydrogen-bond acceptors (Lipinski definition) is 3. The van der Waals surface area contributed by atoms with E-state index in [4.69, 9.17) is 0 Å². The van der Waals surface area contributed by atoms with Crippen molar-refractivity contribution in [2.24, 2.45) is 0 Å². The first kappa shape index (κ1) is 17.1. The first-order chi connectivity index (χ1) is 14.2. The van der Waals surface area contributed by atoms with Gasteiger partial charge in [-0.3, -0.25) is 13.9 Å². The molecule has 140 valence electrons. The molecule has 0 N–H and O–H groups in total. The van der Waals surface area contributed by atoms with Crippen LogP contribution in [-0.2, 0) is 0 Å². The van der Waals surface area contributed by atoms with Crippen molar-refractivity contribution < 1.29 is 4.39 Å². The number of nitrogens with zero attached hydrogens (tertiary/aromatic N) is 4. The van der Waals surface area contributed by atoms with Crippen LogP contribution >= 0.6 is 0 Å². The van der Waals surface area contributed by atoms with Crippen LogP contribution in [0.4, 0.5) is 4.39 Å². The van der Waals surface area contributed by atoms with E-state index in [0.717, 1.165) is 11.3 Å². The number of aromatic nitrogens is 4. The van der Waals surface area contributed by atoms with Crippen LogP contribution in [0.15, 0.2) is 96.3 Å². The summed E-state index contributed by atoms with van der Waals surface area (Å²) in [5.41, 5.74) is 2.83. The number of rotatable bonds is 3. The molecular weight excluding hydrogens is 367 g/mol. The molecule has 0 amide bonds. The molecule has 0 saturated carbocycles.